The molecule has 1 N–H and O–H groups in total. The highest BCUT2D eigenvalue weighted by molar-refractivity contribution is 6.08. The van der Waals surface area contributed by atoms with E-state index in [1.807, 2.05) is 6.92 Å². The second kappa shape index (κ2) is 8.12. The molecule has 0 spiro atoms. The minimum absolute atomic E-state index is 0.271. The Kier molecular flexibility index (Phi) is 5.63. The first-order valence-electron chi connectivity index (χ1n) is 8.76. The van der Waals surface area contributed by atoms with E-state index in [4.69, 9.17) is 9.47 Å². The fraction of sp³-hybridized carbons (Fsp3) is 0.238. The summed E-state index contributed by atoms with van der Waals surface area (Å²) in [5.74, 6) is 0.155. The molecule has 0 bridgehead atoms. The van der Waals surface area contributed by atoms with Gasteiger partial charge in [-0.1, -0.05) is 24.3 Å². The number of ether oxygens (including phenoxy) is 2. The van der Waals surface area contributed by atoms with Crippen LogP contribution in [0, 0.1) is 19.7 Å². The third kappa shape index (κ3) is 3.69. The quantitative estimate of drug-likeness (QED) is 0.700. The molecule has 0 aliphatic heterocycles. The van der Waals surface area contributed by atoms with Crippen molar-refractivity contribution in [1.82, 2.24) is 9.78 Å². The highest BCUT2D eigenvalue weighted by atomic mass is 19.1. The maximum absolute atomic E-state index is 14.0. The summed E-state index contributed by atoms with van der Waals surface area (Å²) in [4.78, 5) is 12.9. The summed E-state index contributed by atoms with van der Waals surface area (Å²) in [5.41, 5.74) is 2.76. The highest BCUT2D eigenvalue weighted by Gasteiger charge is 2.21. The number of methoxy groups -OCH3 is 2. The molecule has 3 rings (SSSR count). The number of nitrogens with one attached hydrogen (secondary N) is 1. The van der Waals surface area contributed by atoms with Crippen LogP contribution in [-0.4, -0.2) is 29.9 Å². The molecule has 0 saturated carbocycles. The molecule has 3 aromatic rings. The lowest BCUT2D eigenvalue weighted by Crippen LogP contribution is -2.16. The van der Waals surface area contributed by atoms with Crippen LogP contribution < -0.4 is 14.8 Å². The molecular formula is C21H22FN3O3. The maximum Gasteiger partial charge on any atom is 0.263 e. The van der Waals surface area contributed by atoms with Gasteiger partial charge in [-0.25, -0.2) is 4.39 Å². The minimum Gasteiger partial charge on any atom is -0.496 e. The van der Waals surface area contributed by atoms with Crippen LogP contribution >= 0.6 is 0 Å². The molecule has 1 aromatic heterocycles. The van der Waals surface area contributed by atoms with E-state index >= 15 is 0 Å². The van der Waals surface area contributed by atoms with E-state index in [2.05, 4.69) is 10.4 Å². The summed E-state index contributed by atoms with van der Waals surface area (Å²) in [6, 6.07) is 11.7. The molecule has 0 radical (unpaired) electrons. The van der Waals surface area contributed by atoms with Crippen molar-refractivity contribution in [1.29, 1.82) is 0 Å². The second-order valence-electron chi connectivity index (χ2n) is 6.29. The molecule has 0 aliphatic carbocycles. The predicted octanol–water partition coefficient (Wildman–Crippen LogP) is 3.96. The van der Waals surface area contributed by atoms with Crippen LogP contribution in [0.2, 0.25) is 0 Å². The van der Waals surface area contributed by atoms with E-state index in [0.717, 1.165) is 5.69 Å². The molecule has 6 nitrogen and oxygen atoms in total. The topological polar surface area (TPSA) is 65.4 Å². The number of aryl methyl sites for hydroxylation is 1. The number of aromatic nitrogens is 2. The van der Waals surface area contributed by atoms with Crippen molar-refractivity contribution in [2.24, 2.45) is 0 Å². The molecule has 0 aliphatic rings. The lowest BCUT2D eigenvalue weighted by molar-refractivity contribution is 0.102. The third-order valence-corrected chi connectivity index (χ3v) is 4.55. The molecule has 2 aromatic carbocycles. The van der Waals surface area contributed by atoms with Gasteiger partial charge in [0.15, 0.2) is 0 Å². The number of carbonyl (C=O) groups excluding carboxylic acids is 1. The van der Waals surface area contributed by atoms with Gasteiger partial charge in [0, 0.05) is 5.56 Å². The number of hydrogen-bond donors (Lipinski definition) is 1. The Morgan fingerprint density at radius 2 is 1.71 bits per heavy atom. The van der Waals surface area contributed by atoms with Crippen molar-refractivity contribution in [3.63, 3.8) is 0 Å². The summed E-state index contributed by atoms with van der Waals surface area (Å²) in [6.45, 7) is 3.89. The van der Waals surface area contributed by atoms with Gasteiger partial charge in [-0.3, -0.25) is 9.48 Å². The van der Waals surface area contributed by atoms with E-state index in [-0.39, 0.29) is 18.3 Å². The average molecular weight is 383 g/mol. The molecule has 0 saturated heterocycles. The van der Waals surface area contributed by atoms with Crippen LogP contribution in [0.3, 0.4) is 0 Å². The van der Waals surface area contributed by atoms with E-state index < -0.39 is 0 Å². The molecular weight excluding hydrogens is 361 g/mol. The zero-order valence-corrected chi connectivity index (χ0v) is 16.2. The summed E-state index contributed by atoms with van der Waals surface area (Å²) in [7, 11) is 2.99. The zero-order valence-electron chi connectivity index (χ0n) is 16.2. The largest absolute Gasteiger partial charge is 0.496 e. The van der Waals surface area contributed by atoms with Crippen molar-refractivity contribution in [2.75, 3.05) is 19.5 Å². The smallest absolute Gasteiger partial charge is 0.263 e. The predicted molar refractivity (Wildman–Crippen MR) is 105 cm³/mol. The Hall–Kier alpha value is -3.35. The Labute approximate surface area is 162 Å². The molecule has 1 amide bonds. The lowest BCUT2D eigenvalue weighted by Gasteiger charge is -2.13. The van der Waals surface area contributed by atoms with Crippen molar-refractivity contribution in [3.05, 3.63) is 70.8 Å². The fourth-order valence-corrected chi connectivity index (χ4v) is 3.07. The van der Waals surface area contributed by atoms with Crippen LogP contribution in [-0.2, 0) is 6.54 Å². The fourth-order valence-electron chi connectivity index (χ4n) is 3.07. The van der Waals surface area contributed by atoms with Crippen molar-refractivity contribution >= 4 is 11.6 Å². The molecule has 0 atom stereocenters. The number of nitrogens with zero attached hydrogens (tertiary/aromatic N) is 2. The van der Waals surface area contributed by atoms with Gasteiger partial charge in [-0.15, -0.1) is 0 Å². The first kappa shape index (κ1) is 19.4. The normalized spacial score (nSPS) is 10.6. The zero-order chi connectivity index (χ0) is 20.3. The van der Waals surface area contributed by atoms with Gasteiger partial charge in [-0.05, 0) is 32.0 Å². The van der Waals surface area contributed by atoms with E-state index in [0.29, 0.717) is 34.0 Å². The maximum atomic E-state index is 14.0. The average Bonchev–Trinajstić information content (AvgIpc) is 2.96. The van der Waals surface area contributed by atoms with Crippen molar-refractivity contribution < 1.29 is 18.7 Å². The van der Waals surface area contributed by atoms with Gasteiger partial charge >= 0.3 is 0 Å². The Morgan fingerprint density at radius 3 is 2.32 bits per heavy atom. The number of amides is 1. The van der Waals surface area contributed by atoms with Crippen LogP contribution in [0.5, 0.6) is 11.5 Å². The Balaban J connectivity index is 1.91. The number of benzene rings is 2. The van der Waals surface area contributed by atoms with Crippen LogP contribution in [0.25, 0.3) is 0 Å². The molecule has 0 unspecified atom stereocenters. The Bertz CT molecular complexity index is 992. The molecule has 28 heavy (non-hydrogen) atoms. The van der Waals surface area contributed by atoms with E-state index in [1.54, 1.807) is 48.0 Å². The number of carbonyl (C=O) groups is 1. The Morgan fingerprint density at radius 1 is 1.07 bits per heavy atom. The van der Waals surface area contributed by atoms with Crippen LogP contribution in [0.15, 0.2) is 42.5 Å². The summed E-state index contributed by atoms with van der Waals surface area (Å²) < 4.78 is 26.2. The van der Waals surface area contributed by atoms with Gasteiger partial charge in [0.2, 0.25) is 0 Å². The highest BCUT2D eigenvalue weighted by Crippen LogP contribution is 2.30. The second-order valence-corrected chi connectivity index (χ2v) is 6.29. The van der Waals surface area contributed by atoms with Gasteiger partial charge in [0.1, 0.15) is 22.9 Å². The first-order chi connectivity index (χ1) is 13.5. The standard InChI is InChI=1S/C21H22FN3O3/c1-13-20(14(2)25(24-13)12-15-8-5-6-9-16(15)22)23-21(26)19-17(27-3)10-7-11-18(19)28-4/h5-11H,12H2,1-4H3,(H,23,26). The molecule has 1 heterocycles. The number of rotatable bonds is 6. The summed E-state index contributed by atoms with van der Waals surface area (Å²) in [5, 5.41) is 7.34. The lowest BCUT2D eigenvalue weighted by atomic mass is 10.1. The monoisotopic (exact) mass is 383 g/mol. The van der Waals surface area contributed by atoms with Crippen molar-refractivity contribution in [3.8, 4) is 11.5 Å². The number of halogens is 1. The van der Waals surface area contributed by atoms with Gasteiger partial charge in [0.25, 0.3) is 5.91 Å². The van der Waals surface area contributed by atoms with Crippen LogP contribution in [0.1, 0.15) is 27.3 Å². The minimum atomic E-state index is -0.369. The summed E-state index contributed by atoms with van der Waals surface area (Å²) in [6.07, 6.45) is 0. The molecule has 0 fully saturated rings. The molecule has 146 valence electrons. The van der Waals surface area contributed by atoms with Crippen LogP contribution in [0.4, 0.5) is 10.1 Å². The SMILES string of the molecule is COc1cccc(OC)c1C(=O)Nc1c(C)nn(Cc2ccccc2F)c1C. The van der Waals surface area contributed by atoms with Gasteiger partial charge in [-0.2, -0.15) is 5.10 Å². The van der Waals surface area contributed by atoms with E-state index in [9.17, 15) is 9.18 Å². The van der Waals surface area contributed by atoms with E-state index in [1.165, 1.54) is 20.3 Å². The third-order valence-electron chi connectivity index (χ3n) is 4.55. The number of hydrogen-bond acceptors (Lipinski definition) is 4. The van der Waals surface area contributed by atoms with Crippen molar-refractivity contribution in [2.45, 2.75) is 20.4 Å². The van der Waals surface area contributed by atoms with Gasteiger partial charge < -0.3 is 14.8 Å². The summed E-state index contributed by atoms with van der Waals surface area (Å²) >= 11 is 0. The first-order valence-corrected chi connectivity index (χ1v) is 8.76. The molecule has 7 heteroatoms. The van der Waals surface area contributed by atoms with Gasteiger partial charge in [0.05, 0.1) is 37.8 Å². The number of anilines is 1.